The molecule has 0 aliphatic carbocycles. The maximum atomic E-state index is 11.8. The van der Waals surface area contributed by atoms with Crippen molar-refractivity contribution in [3.8, 4) is 0 Å². The number of esters is 2. The average Bonchev–Trinajstić information content (AvgIpc) is 2.67. The average molecular weight is 464 g/mol. The molecule has 0 atom stereocenters. The van der Waals surface area contributed by atoms with Crippen LogP contribution in [0.4, 0.5) is 0 Å². The first-order chi connectivity index (χ1) is 13.4. The van der Waals surface area contributed by atoms with Gasteiger partial charge in [0.25, 0.3) is 0 Å². The molecule has 2 aromatic carbocycles. The third kappa shape index (κ3) is 7.17. The SMILES string of the molecule is O=C(CCCCC(=O)OCc1cccc(Cl)c1Cl)OCc1cccc(Cl)c1Cl. The van der Waals surface area contributed by atoms with Crippen LogP contribution >= 0.6 is 46.4 Å². The zero-order valence-corrected chi connectivity index (χ0v) is 17.9. The highest BCUT2D eigenvalue weighted by Gasteiger charge is 2.10. The van der Waals surface area contributed by atoms with Gasteiger partial charge in [0.1, 0.15) is 13.2 Å². The Labute approximate surface area is 183 Å². The van der Waals surface area contributed by atoms with Crippen molar-refractivity contribution in [3.63, 3.8) is 0 Å². The van der Waals surface area contributed by atoms with Gasteiger partial charge in [-0.25, -0.2) is 0 Å². The number of carbonyl (C=O) groups excluding carboxylic acids is 2. The third-order valence-corrected chi connectivity index (χ3v) is 5.57. The molecule has 2 aromatic rings. The normalized spacial score (nSPS) is 10.6. The number of hydrogen-bond acceptors (Lipinski definition) is 4. The van der Waals surface area contributed by atoms with Crippen molar-refractivity contribution in [2.75, 3.05) is 0 Å². The van der Waals surface area contributed by atoms with Crippen molar-refractivity contribution in [1.29, 1.82) is 0 Å². The fraction of sp³-hybridized carbons (Fsp3) is 0.300. The van der Waals surface area contributed by atoms with Crippen LogP contribution in [0.2, 0.25) is 20.1 Å². The summed E-state index contributed by atoms with van der Waals surface area (Å²) in [7, 11) is 0. The second-order valence-corrected chi connectivity index (χ2v) is 7.52. The number of unbranched alkanes of at least 4 members (excludes halogenated alkanes) is 1. The van der Waals surface area contributed by atoms with Crippen molar-refractivity contribution in [2.24, 2.45) is 0 Å². The standard InChI is InChI=1S/C20H18Cl4O4/c21-15-7-3-5-13(19(15)23)11-27-17(25)9-1-2-10-18(26)28-12-14-6-4-8-16(22)20(14)24/h3-8H,1-2,9-12H2. The lowest BCUT2D eigenvalue weighted by atomic mass is 10.2. The van der Waals surface area contributed by atoms with E-state index >= 15 is 0 Å². The smallest absolute Gasteiger partial charge is 0.306 e. The van der Waals surface area contributed by atoms with Gasteiger partial charge in [-0.05, 0) is 25.0 Å². The first-order valence-corrected chi connectivity index (χ1v) is 10.1. The Morgan fingerprint density at radius 1 is 0.679 bits per heavy atom. The third-order valence-electron chi connectivity index (χ3n) is 3.85. The van der Waals surface area contributed by atoms with Gasteiger partial charge in [0.2, 0.25) is 0 Å². The van der Waals surface area contributed by atoms with Crippen LogP contribution in [-0.2, 0) is 32.3 Å². The highest BCUT2D eigenvalue weighted by molar-refractivity contribution is 6.42. The van der Waals surface area contributed by atoms with E-state index in [4.69, 9.17) is 55.9 Å². The summed E-state index contributed by atoms with van der Waals surface area (Å²) >= 11 is 23.9. The molecule has 0 saturated carbocycles. The van der Waals surface area contributed by atoms with E-state index in [9.17, 15) is 9.59 Å². The number of hydrogen-bond donors (Lipinski definition) is 0. The molecule has 0 amide bonds. The summed E-state index contributed by atoms with van der Waals surface area (Å²) < 4.78 is 10.4. The maximum absolute atomic E-state index is 11.8. The molecule has 0 spiro atoms. The van der Waals surface area contributed by atoms with Gasteiger partial charge in [0.05, 0.1) is 20.1 Å². The predicted octanol–water partition coefficient (Wildman–Crippen LogP) is 6.65. The lowest BCUT2D eigenvalue weighted by molar-refractivity contribution is -0.147. The summed E-state index contributed by atoms with van der Waals surface area (Å²) in [5, 5.41) is 1.57. The Kier molecular flexibility index (Phi) is 9.39. The monoisotopic (exact) mass is 462 g/mol. The molecule has 2 rings (SSSR count). The first kappa shape index (κ1) is 22.8. The van der Waals surface area contributed by atoms with Gasteiger partial charge < -0.3 is 9.47 Å². The number of benzene rings is 2. The zero-order chi connectivity index (χ0) is 20.5. The minimum atomic E-state index is -0.366. The second-order valence-electron chi connectivity index (χ2n) is 5.95. The summed E-state index contributed by atoms with van der Waals surface area (Å²) in [6, 6.07) is 10.3. The van der Waals surface area contributed by atoms with Crippen LogP contribution in [0.15, 0.2) is 36.4 Å². The Morgan fingerprint density at radius 2 is 1.07 bits per heavy atom. The molecule has 0 unspecified atom stereocenters. The van der Waals surface area contributed by atoms with E-state index in [1.54, 1.807) is 36.4 Å². The van der Waals surface area contributed by atoms with Gasteiger partial charge in [-0.3, -0.25) is 9.59 Å². The molecule has 0 bridgehead atoms. The van der Waals surface area contributed by atoms with Crippen LogP contribution in [0.1, 0.15) is 36.8 Å². The lowest BCUT2D eigenvalue weighted by Crippen LogP contribution is -2.07. The molecule has 0 fully saturated rings. The summed E-state index contributed by atoms with van der Waals surface area (Å²) in [5.41, 5.74) is 1.29. The van der Waals surface area contributed by atoms with Crippen molar-refractivity contribution in [2.45, 2.75) is 38.9 Å². The Bertz CT molecular complexity index is 769. The molecule has 28 heavy (non-hydrogen) atoms. The Morgan fingerprint density at radius 3 is 1.46 bits per heavy atom. The fourth-order valence-electron chi connectivity index (χ4n) is 2.32. The molecule has 4 nitrogen and oxygen atoms in total. The van der Waals surface area contributed by atoms with Gasteiger partial charge in [-0.15, -0.1) is 0 Å². The van der Waals surface area contributed by atoms with E-state index in [-0.39, 0.29) is 38.0 Å². The molecule has 150 valence electrons. The minimum absolute atomic E-state index is 0.0562. The second kappa shape index (κ2) is 11.5. The number of rotatable bonds is 9. The molecule has 0 radical (unpaired) electrons. The highest BCUT2D eigenvalue weighted by atomic mass is 35.5. The van der Waals surface area contributed by atoms with Crippen molar-refractivity contribution >= 4 is 58.3 Å². The molecular weight excluding hydrogens is 446 g/mol. The van der Waals surface area contributed by atoms with Crippen LogP contribution in [-0.4, -0.2) is 11.9 Å². The van der Waals surface area contributed by atoms with Crippen molar-refractivity contribution in [1.82, 2.24) is 0 Å². The van der Waals surface area contributed by atoms with E-state index in [1.165, 1.54) is 0 Å². The van der Waals surface area contributed by atoms with Gasteiger partial charge in [0.15, 0.2) is 0 Å². The molecule has 0 saturated heterocycles. The maximum Gasteiger partial charge on any atom is 0.306 e. The molecule has 0 aliphatic rings. The molecule has 0 aliphatic heterocycles. The fourth-order valence-corrected chi connectivity index (χ4v) is 3.07. The van der Waals surface area contributed by atoms with Crippen LogP contribution in [0.5, 0.6) is 0 Å². The summed E-state index contributed by atoms with van der Waals surface area (Å²) in [6.45, 7) is 0.112. The van der Waals surface area contributed by atoms with E-state index in [0.29, 0.717) is 44.1 Å². The first-order valence-electron chi connectivity index (χ1n) is 8.55. The quantitative estimate of drug-likeness (QED) is 0.308. The van der Waals surface area contributed by atoms with Crippen molar-refractivity contribution in [3.05, 3.63) is 67.6 Å². The summed E-state index contributed by atoms with van der Waals surface area (Å²) in [5.74, 6) is -0.731. The molecule has 8 heteroatoms. The molecule has 0 N–H and O–H groups in total. The van der Waals surface area contributed by atoms with Gasteiger partial charge in [-0.1, -0.05) is 70.7 Å². The Hall–Kier alpha value is -1.46. The van der Waals surface area contributed by atoms with Crippen LogP contribution in [0.25, 0.3) is 0 Å². The number of carbonyl (C=O) groups is 2. The van der Waals surface area contributed by atoms with Crippen LogP contribution in [0, 0.1) is 0 Å². The van der Waals surface area contributed by atoms with Crippen molar-refractivity contribution < 1.29 is 19.1 Å². The van der Waals surface area contributed by atoms with Crippen LogP contribution < -0.4 is 0 Å². The zero-order valence-electron chi connectivity index (χ0n) is 14.9. The van der Waals surface area contributed by atoms with E-state index in [0.717, 1.165) is 0 Å². The number of halogens is 4. The van der Waals surface area contributed by atoms with Gasteiger partial charge in [0, 0.05) is 24.0 Å². The molecular formula is C20H18Cl4O4. The Balaban J connectivity index is 1.62. The van der Waals surface area contributed by atoms with E-state index < -0.39 is 0 Å². The lowest BCUT2D eigenvalue weighted by Gasteiger charge is -2.08. The predicted molar refractivity (Wildman–Crippen MR) is 111 cm³/mol. The summed E-state index contributed by atoms with van der Waals surface area (Å²) in [4.78, 5) is 23.6. The topological polar surface area (TPSA) is 52.6 Å². The largest absolute Gasteiger partial charge is 0.461 e. The van der Waals surface area contributed by atoms with E-state index in [2.05, 4.69) is 0 Å². The van der Waals surface area contributed by atoms with E-state index in [1.807, 2.05) is 0 Å². The highest BCUT2D eigenvalue weighted by Crippen LogP contribution is 2.27. The van der Waals surface area contributed by atoms with Crippen LogP contribution in [0.3, 0.4) is 0 Å². The van der Waals surface area contributed by atoms with Gasteiger partial charge in [-0.2, -0.15) is 0 Å². The van der Waals surface area contributed by atoms with Gasteiger partial charge >= 0.3 is 11.9 Å². The molecule has 0 aromatic heterocycles. The summed E-state index contributed by atoms with van der Waals surface area (Å²) in [6.07, 6.45) is 1.42. The molecule has 0 heterocycles. The number of ether oxygens (including phenoxy) is 2. The minimum Gasteiger partial charge on any atom is -0.461 e.